The number of benzene rings is 2. The Bertz CT molecular complexity index is 1160. The van der Waals surface area contributed by atoms with Crippen LogP contribution in [0.25, 0.3) is 22.4 Å². The molecule has 0 spiro atoms. The fraction of sp³-hybridized carbons (Fsp3) is 0.400. The molecular formula is C25H26N4O2. The van der Waals surface area contributed by atoms with Crippen LogP contribution < -0.4 is 11.1 Å². The monoisotopic (exact) mass is 414 g/mol. The second-order valence-corrected chi connectivity index (χ2v) is 9.91. The van der Waals surface area contributed by atoms with Gasteiger partial charge in [0.1, 0.15) is 5.82 Å². The fourth-order valence-corrected chi connectivity index (χ4v) is 6.66. The summed E-state index contributed by atoms with van der Waals surface area (Å²) in [4.78, 5) is 32.5. The number of aromatic nitrogens is 2. The molecule has 0 aliphatic heterocycles. The highest BCUT2D eigenvalue weighted by Gasteiger charge is 2.54. The van der Waals surface area contributed by atoms with E-state index in [1.807, 2.05) is 24.3 Å². The number of nitrogens with zero attached hydrogens (tertiary/aromatic N) is 1. The van der Waals surface area contributed by atoms with Gasteiger partial charge in [-0.1, -0.05) is 0 Å². The third-order valence-electron chi connectivity index (χ3n) is 7.70. The summed E-state index contributed by atoms with van der Waals surface area (Å²) >= 11 is 0. The minimum atomic E-state index is -0.461. The molecule has 31 heavy (non-hydrogen) atoms. The molecule has 4 N–H and O–H groups in total. The maximum Gasteiger partial charge on any atom is 0.248 e. The van der Waals surface area contributed by atoms with Crippen molar-refractivity contribution in [2.24, 2.45) is 28.9 Å². The molecule has 0 saturated heterocycles. The van der Waals surface area contributed by atoms with Crippen molar-refractivity contribution in [2.45, 2.75) is 38.5 Å². The summed E-state index contributed by atoms with van der Waals surface area (Å²) in [6.07, 6.45) is 7.19. The Morgan fingerprint density at radius 2 is 1.61 bits per heavy atom. The predicted octanol–water partition coefficient (Wildman–Crippen LogP) is 4.48. The molecule has 3 aromatic rings. The number of hydrogen-bond acceptors (Lipinski definition) is 3. The van der Waals surface area contributed by atoms with Crippen molar-refractivity contribution in [3.63, 3.8) is 0 Å². The Morgan fingerprint density at radius 1 is 0.968 bits per heavy atom. The van der Waals surface area contributed by atoms with Crippen LogP contribution in [0.3, 0.4) is 0 Å². The van der Waals surface area contributed by atoms with Crippen molar-refractivity contribution in [1.29, 1.82) is 0 Å². The molecule has 158 valence electrons. The first kappa shape index (κ1) is 18.6. The number of hydrogen-bond donors (Lipinski definition) is 3. The SMILES string of the molecule is NC(=O)c1ccc2nc(-c3ccc(NC(=O)C45CC6CC(CC(C6)C4)C5)cc3)[nH]c2c1. The van der Waals surface area contributed by atoms with Gasteiger partial charge in [0.25, 0.3) is 0 Å². The standard InChI is InChI=1S/C25H26N4O2/c26-22(30)18-3-6-20-21(10-18)29-23(28-20)17-1-4-19(5-2-17)27-24(31)25-11-14-7-15(12-25)9-16(8-14)13-25/h1-6,10,14-16H,7-9,11-13H2,(H2,26,30)(H,27,31)(H,28,29). The van der Waals surface area contributed by atoms with Gasteiger partial charge in [-0.2, -0.15) is 0 Å². The number of primary amides is 1. The molecule has 2 aromatic carbocycles. The molecule has 4 saturated carbocycles. The Kier molecular flexibility index (Phi) is 4.01. The predicted molar refractivity (Wildman–Crippen MR) is 119 cm³/mol. The molecule has 1 heterocycles. The number of fused-ring (bicyclic) bond motifs is 1. The molecule has 2 amide bonds. The van der Waals surface area contributed by atoms with Crippen LogP contribution in [0.2, 0.25) is 0 Å². The number of H-pyrrole nitrogens is 1. The first-order chi connectivity index (χ1) is 15.0. The number of aromatic amines is 1. The Balaban J connectivity index is 1.21. The Labute approximate surface area is 180 Å². The van der Waals surface area contributed by atoms with E-state index in [2.05, 4.69) is 15.3 Å². The Hall–Kier alpha value is -3.15. The molecule has 0 radical (unpaired) electrons. The van der Waals surface area contributed by atoms with E-state index >= 15 is 0 Å². The van der Waals surface area contributed by atoms with Crippen LogP contribution in [0.5, 0.6) is 0 Å². The van der Waals surface area contributed by atoms with Gasteiger partial charge in [0, 0.05) is 16.8 Å². The van der Waals surface area contributed by atoms with Crippen LogP contribution in [0.15, 0.2) is 42.5 Å². The van der Waals surface area contributed by atoms with E-state index in [9.17, 15) is 9.59 Å². The highest BCUT2D eigenvalue weighted by molar-refractivity contribution is 5.97. The summed E-state index contributed by atoms with van der Waals surface area (Å²) in [5.41, 5.74) is 8.96. The lowest BCUT2D eigenvalue weighted by Gasteiger charge is -2.55. The van der Waals surface area contributed by atoms with Crippen molar-refractivity contribution in [3.05, 3.63) is 48.0 Å². The zero-order valence-electron chi connectivity index (χ0n) is 17.4. The zero-order chi connectivity index (χ0) is 21.2. The van der Waals surface area contributed by atoms with Crippen molar-refractivity contribution in [3.8, 4) is 11.4 Å². The van der Waals surface area contributed by atoms with Gasteiger partial charge >= 0.3 is 0 Å². The normalized spacial score (nSPS) is 28.7. The number of carbonyl (C=O) groups is 2. The van der Waals surface area contributed by atoms with Gasteiger partial charge in [0.05, 0.1) is 16.4 Å². The molecule has 4 aliphatic rings. The quantitative estimate of drug-likeness (QED) is 0.586. The number of nitrogens with one attached hydrogen (secondary N) is 2. The molecule has 6 nitrogen and oxygen atoms in total. The Morgan fingerprint density at radius 3 is 2.23 bits per heavy atom. The lowest BCUT2D eigenvalue weighted by atomic mass is 9.49. The molecule has 4 bridgehead atoms. The minimum absolute atomic E-state index is 0.149. The van der Waals surface area contributed by atoms with E-state index in [0.717, 1.165) is 65.1 Å². The smallest absolute Gasteiger partial charge is 0.248 e. The zero-order valence-corrected chi connectivity index (χ0v) is 17.4. The maximum atomic E-state index is 13.3. The number of amides is 2. The summed E-state index contributed by atoms with van der Waals surface area (Å²) in [5.74, 6) is 2.72. The van der Waals surface area contributed by atoms with Crippen LogP contribution >= 0.6 is 0 Å². The number of nitrogens with two attached hydrogens (primary N) is 1. The van der Waals surface area contributed by atoms with Crippen molar-refractivity contribution in [1.82, 2.24) is 9.97 Å². The lowest BCUT2D eigenvalue weighted by molar-refractivity contribution is -0.140. The van der Waals surface area contributed by atoms with Gasteiger partial charge in [0.2, 0.25) is 11.8 Å². The van der Waals surface area contributed by atoms with Crippen LogP contribution in [-0.2, 0) is 4.79 Å². The van der Waals surface area contributed by atoms with Crippen molar-refractivity contribution in [2.75, 3.05) is 5.32 Å². The summed E-state index contributed by atoms with van der Waals surface area (Å²) < 4.78 is 0. The average molecular weight is 415 g/mol. The molecule has 0 unspecified atom stereocenters. The number of rotatable bonds is 4. The summed E-state index contributed by atoms with van der Waals surface area (Å²) in [7, 11) is 0. The van der Waals surface area contributed by atoms with E-state index < -0.39 is 5.91 Å². The van der Waals surface area contributed by atoms with Gasteiger partial charge in [-0.25, -0.2) is 4.98 Å². The fourth-order valence-electron chi connectivity index (χ4n) is 6.66. The van der Waals surface area contributed by atoms with Crippen molar-refractivity contribution < 1.29 is 9.59 Å². The minimum Gasteiger partial charge on any atom is -0.366 e. The van der Waals surface area contributed by atoms with Gasteiger partial charge in [-0.15, -0.1) is 0 Å². The number of carbonyl (C=O) groups excluding carboxylic acids is 2. The van der Waals surface area contributed by atoms with Crippen LogP contribution in [0, 0.1) is 23.2 Å². The van der Waals surface area contributed by atoms with Gasteiger partial charge in [-0.3, -0.25) is 9.59 Å². The van der Waals surface area contributed by atoms with E-state index in [1.54, 1.807) is 18.2 Å². The highest BCUT2D eigenvalue weighted by atomic mass is 16.2. The largest absolute Gasteiger partial charge is 0.366 e. The first-order valence-corrected chi connectivity index (χ1v) is 11.2. The lowest BCUT2D eigenvalue weighted by Crippen LogP contribution is -2.51. The van der Waals surface area contributed by atoms with E-state index in [-0.39, 0.29) is 11.3 Å². The molecule has 4 fully saturated rings. The van der Waals surface area contributed by atoms with Crippen LogP contribution in [0.4, 0.5) is 5.69 Å². The van der Waals surface area contributed by atoms with E-state index in [4.69, 9.17) is 5.73 Å². The first-order valence-electron chi connectivity index (χ1n) is 11.2. The van der Waals surface area contributed by atoms with Crippen LogP contribution in [-0.4, -0.2) is 21.8 Å². The number of anilines is 1. The topological polar surface area (TPSA) is 101 Å². The third kappa shape index (κ3) is 3.12. The van der Waals surface area contributed by atoms with Crippen molar-refractivity contribution >= 4 is 28.5 Å². The maximum absolute atomic E-state index is 13.3. The molecule has 6 heteroatoms. The second-order valence-electron chi connectivity index (χ2n) is 9.91. The van der Waals surface area contributed by atoms with E-state index in [0.29, 0.717) is 5.56 Å². The molecule has 4 aliphatic carbocycles. The van der Waals surface area contributed by atoms with Gasteiger partial charge in [-0.05, 0) is 98.7 Å². The number of imidazole rings is 1. The van der Waals surface area contributed by atoms with Gasteiger partial charge in [0.15, 0.2) is 0 Å². The average Bonchev–Trinajstić information content (AvgIpc) is 3.16. The third-order valence-corrected chi connectivity index (χ3v) is 7.70. The summed E-state index contributed by atoms with van der Waals surface area (Å²) in [6.45, 7) is 0. The second kappa shape index (κ2) is 6.67. The van der Waals surface area contributed by atoms with Crippen LogP contribution in [0.1, 0.15) is 48.9 Å². The summed E-state index contributed by atoms with van der Waals surface area (Å²) in [6, 6.07) is 13.0. The van der Waals surface area contributed by atoms with Gasteiger partial charge < -0.3 is 16.0 Å². The summed E-state index contributed by atoms with van der Waals surface area (Å²) in [5, 5.41) is 3.20. The molecule has 0 atom stereocenters. The molecule has 7 rings (SSSR count). The molecular weight excluding hydrogens is 388 g/mol. The molecule has 1 aromatic heterocycles. The highest BCUT2D eigenvalue weighted by Crippen LogP contribution is 2.60. The van der Waals surface area contributed by atoms with E-state index in [1.165, 1.54) is 19.3 Å².